The van der Waals surface area contributed by atoms with Crippen molar-refractivity contribution < 1.29 is 18.3 Å². The maximum atomic E-state index is 12.5. The number of hydrogen-bond donors (Lipinski definition) is 2. The Morgan fingerprint density at radius 2 is 2.12 bits per heavy atom. The number of aromatic nitrogens is 1. The molecule has 2 aromatic rings. The summed E-state index contributed by atoms with van der Waals surface area (Å²) in [5.74, 6) is 0.0430. The zero-order chi connectivity index (χ0) is 12.6. The van der Waals surface area contributed by atoms with Crippen LogP contribution in [0.2, 0.25) is 0 Å². The monoisotopic (exact) mass is 242 g/mol. The number of oxazole rings is 1. The van der Waals surface area contributed by atoms with Crippen molar-refractivity contribution in [3.05, 3.63) is 29.7 Å². The fraction of sp³-hybridized carbons (Fsp3) is 0.364. The third-order valence-corrected chi connectivity index (χ3v) is 2.43. The predicted molar refractivity (Wildman–Crippen MR) is 57.6 cm³/mol. The number of aliphatic hydroxyl groups excluding tert-OH is 1. The largest absolute Gasteiger partial charge is 0.438 e. The van der Waals surface area contributed by atoms with Crippen LogP contribution in [0.25, 0.3) is 11.1 Å². The zero-order valence-corrected chi connectivity index (χ0v) is 9.10. The Morgan fingerprint density at radius 1 is 1.41 bits per heavy atom. The molecule has 0 fully saturated rings. The van der Waals surface area contributed by atoms with E-state index in [1.807, 2.05) is 0 Å². The van der Waals surface area contributed by atoms with Crippen molar-refractivity contribution in [3.63, 3.8) is 0 Å². The summed E-state index contributed by atoms with van der Waals surface area (Å²) >= 11 is 0. The Morgan fingerprint density at radius 3 is 2.71 bits per heavy atom. The highest BCUT2D eigenvalue weighted by Crippen LogP contribution is 2.26. The predicted octanol–water partition coefficient (Wildman–Crippen LogP) is 2.15. The fourth-order valence-corrected chi connectivity index (χ4v) is 1.45. The van der Waals surface area contributed by atoms with Crippen LogP contribution in [0.3, 0.4) is 0 Å². The van der Waals surface area contributed by atoms with Crippen LogP contribution in [-0.2, 0) is 0 Å². The molecule has 0 spiro atoms. The fourth-order valence-electron chi connectivity index (χ4n) is 1.45. The number of alkyl halides is 2. The number of halogens is 2. The number of hydrogen-bond acceptors (Lipinski definition) is 4. The molecule has 4 nitrogen and oxygen atoms in total. The van der Waals surface area contributed by atoms with Crippen molar-refractivity contribution in [3.8, 4) is 0 Å². The molecule has 2 atom stereocenters. The van der Waals surface area contributed by atoms with Gasteiger partial charge in [0.05, 0.1) is 0 Å². The summed E-state index contributed by atoms with van der Waals surface area (Å²) < 4.78 is 30.2. The highest BCUT2D eigenvalue weighted by Gasteiger charge is 2.19. The lowest BCUT2D eigenvalue weighted by molar-refractivity contribution is 0.123. The summed E-state index contributed by atoms with van der Waals surface area (Å²) in [6.07, 6.45) is -3.60. The second kappa shape index (κ2) is 4.38. The Hall–Kier alpha value is -1.53. The molecule has 3 N–H and O–H groups in total. The topological polar surface area (TPSA) is 72.3 Å². The molecule has 92 valence electrons. The quantitative estimate of drug-likeness (QED) is 0.864. The average Bonchev–Trinajstić information content (AvgIpc) is 2.69. The summed E-state index contributed by atoms with van der Waals surface area (Å²) in [6, 6.07) is 3.36. The third-order valence-electron chi connectivity index (χ3n) is 2.43. The van der Waals surface area contributed by atoms with Crippen LogP contribution in [-0.4, -0.2) is 16.1 Å². The minimum atomic E-state index is -2.56. The normalized spacial score (nSPS) is 15.4. The molecule has 2 unspecified atom stereocenters. The Labute approximate surface area is 96.1 Å². The van der Waals surface area contributed by atoms with Gasteiger partial charge >= 0.3 is 0 Å². The van der Waals surface area contributed by atoms with Gasteiger partial charge in [0.25, 0.3) is 6.43 Å². The SMILES string of the molecule is CC(N)C(O)c1nc2cc(C(F)F)ccc2o1. The van der Waals surface area contributed by atoms with Gasteiger partial charge in [0.1, 0.15) is 11.6 Å². The van der Waals surface area contributed by atoms with Gasteiger partial charge in [0.2, 0.25) is 5.89 Å². The second-order valence-electron chi connectivity index (χ2n) is 3.88. The van der Waals surface area contributed by atoms with Crippen LogP contribution in [0.5, 0.6) is 0 Å². The molecule has 0 radical (unpaired) electrons. The number of rotatable bonds is 3. The Balaban J connectivity index is 2.43. The van der Waals surface area contributed by atoms with Crippen LogP contribution in [0.4, 0.5) is 8.78 Å². The first-order valence-electron chi connectivity index (χ1n) is 5.11. The van der Waals surface area contributed by atoms with E-state index in [4.69, 9.17) is 10.2 Å². The molecular weight excluding hydrogens is 230 g/mol. The molecule has 0 saturated carbocycles. The van der Waals surface area contributed by atoms with Gasteiger partial charge in [-0.2, -0.15) is 0 Å². The molecule has 0 aliphatic carbocycles. The van der Waals surface area contributed by atoms with E-state index in [0.29, 0.717) is 5.58 Å². The number of fused-ring (bicyclic) bond motifs is 1. The van der Waals surface area contributed by atoms with Crippen molar-refractivity contribution in [1.82, 2.24) is 4.98 Å². The van der Waals surface area contributed by atoms with E-state index < -0.39 is 18.6 Å². The standard InChI is InChI=1S/C11H12F2N2O2/c1-5(14)9(16)11-15-7-4-6(10(12)13)2-3-8(7)17-11/h2-5,9-10,16H,14H2,1H3. The molecule has 0 amide bonds. The highest BCUT2D eigenvalue weighted by molar-refractivity contribution is 5.73. The minimum absolute atomic E-state index is 0.0430. The first-order chi connectivity index (χ1) is 7.99. The second-order valence-corrected chi connectivity index (χ2v) is 3.88. The lowest BCUT2D eigenvalue weighted by Crippen LogP contribution is -2.24. The zero-order valence-electron chi connectivity index (χ0n) is 9.10. The van der Waals surface area contributed by atoms with Crippen LogP contribution in [0.1, 0.15) is 30.9 Å². The molecule has 0 bridgehead atoms. The first-order valence-corrected chi connectivity index (χ1v) is 5.11. The van der Waals surface area contributed by atoms with E-state index in [2.05, 4.69) is 4.98 Å². The minimum Gasteiger partial charge on any atom is -0.438 e. The first kappa shape index (κ1) is 11.9. The molecule has 1 heterocycles. The Bertz CT molecular complexity index is 525. The molecule has 2 rings (SSSR count). The third kappa shape index (κ3) is 2.27. The number of nitrogens with two attached hydrogens (primary N) is 1. The number of benzene rings is 1. The van der Waals surface area contributed by atoms with Crippen molar-refractivity contribution in [1.29, 1.82) is 0 Å². The van der Waals surface area contributed by atoms with Gasteiger partial charge in [0, 0.05) is 11.6 Å². The van der Waals surface area contributed by atoms with E-state index in [1.165, 1.54) is 18.2 Å². The summed E-state index contributed by atoms with van der Waals surface area (Å²) in [5.41, 5.74) is 6.01. The van der Waals surface area contributed by atoms with Crippen LogP contribution < -0.4 is 5.73 Å². The van der Waals surface area contributed by atoms with Gasteiger partial charge in [-0.05, 0) is 25.1 Å². The summed E-state index contributed by atoms with van der Waals surface area (Å²) in [4.78, 5) is 3.95. The van der Waals surface area contributed by atoms with Crippen molar-refractivity contribution >= 4 is 11.1 Å². The van der Waals surface area contributed by atoms with E-state index in [-0.39, 0.29) is 17.0 Å². The van der Waals surface area contributed by atoms with E-state index in [9.17, 15) is 13.9 Å². The van der Waals surface area contributed by atoms with E-state index in [0.717, 1.165) is 0 Å². The van der Waals surface area contributed by atoms with Crippen LogP contribution in [0.15, 0.2) is 22.6 Å². The van der Waals surface area contributed by atoms with Gasteiger partial charge in [-0.3, -0.25) is 0 Å². The highest BCUT2D eigenvalue weighted by atomic mass is 19.3. The average molecular weight is 242 g/mol. The number of nitrogens with zero attached hydrogens (tertiary/aromatic N) is 1. The van der Waals surface area contributed by atoms with Crippen molar-refractivity contribution in [2.45, 2.75) is 25.5 Å². The van der Waals surface area contributed by atoms with Gasteiger partial charge in [-0.15, -0.1) is 0 Å². The van der Waals surface area contributed by atoms with Crippen molar-refractivity contribution in [2.75, 3.05) is 0 Å². The summed E-state index contributed by atoms with van der Waals surface area (Å²) in [5, 5.41) is 9.65. The molecular formula is C11H12F2N2O2. The molecule has 1 aromatic heterocycles. The van der Waals surface area contributed by atoms with E-state index in [1.54, 1.807) is 6.92 Å². The van der Waals surface area contributed by atoms with E-state index >= 15 is 0 Å². The van der Waals surface area contributed by atoms with Gasteiger partial charge < -0.3 is 15.3 Å². The molecule has 0 aliphatic rings. The van der Waals surface area contributed by atoms with Crippen LogP contribution in [0, 0.1) is 0 Å². The van der Waals surface area contributed by atoms with Crippen LogP contribution >= 0.6 is 0 Å². The molecule has 1 aromatic carbocycles. The molecule has 0 aliphatic heterocycles. The maximum absolute atomic E-state index is 12.5. The molecule has 17 heavy (non-hydrogen) atoms. The Kier molecular flexibility index (Phi) is 3.08. The van der Waals surface area contributed by atoms with Gasteiger partial charge in [0.15, 0.2) is 5.58 Å². The lowest BCUT2D eigenvalue weighted by Gasteiger charge is -2.08. The van der Waals surface area contributed by atoms with Gasteiger partial charge in [-0.25, -0.2) is 13.8 Å². The maximum Gasteiger partial charge on any atom is 0.263 e. The molecule has 0 saturated heterocycles. The smallest absolute Gasteiger partial charge is 0.263 e. The van der Waals surface area contributed by atoms with Gasteiger partial charge in [-0.1, -0.05) is 0 Å². The summed E-state index contributed by atoms with van der Waals surface area (Å²) in [7, 11) is 0. The van der Waals surface area contributed by atoms with Crippen molar-refractivity contribution in [2.24, 2.45) is 5.73 Å². The molecule has 6 heteroatoms. The number of aliphatic hydroxyl groups is 1. The lowest BCUT2D eigenvalue weighted by atomic mass is 10.2. The summed E-state index contributed by atoms with van der Waals surface area (Å²) in [6.45, 7) is 1.60.